The number of hydrogen-bond acceptors (Lipinski definition) is 1. The zero-order valence-electron chi connectivity index (χ0n) is 3.48. The van der Waals surface area contributed by atoms with E-state index in [1.807, 2.05) is 0 Å². The van der Waals surface area contributed by atoms with Crippen LogP contribution in [-0.2, 0) is 4.74 Å². The summed E-state index contributed by atoms with van der Waals surface area (Å²) in [6.45, 7) is 1.93. The number of ether oxygens (including phenoxy) is 1. The lowest BCUT2D eigenvalue weighted by Gasteiger charge is -2.22. The minimum atomic E-state index is 0.810. The molecule has 1 saturated heterocycles. The van der Waals surface area contributed by atoms with Gasteiger partial charge in [-0.25, -0.2) is 0 Å². The molecule has 0 amide bonds. The summed E-state index contributed by atoms with van der Waals surface area (Å²) in [6.07, 6.45) is 0. The first kappa shape index (κ1) is 4.60. The average Bonchev–Trinajstić information content (AvgIpc) is 1.31. The van der Waals surface area contributed by atoms with Crippen molar-refractivity contribution < 1.29 is 4.74 Å². The highest BCUT2D eigenvalue weighted by atomic mass is 79.9. The molecule has 36 valence electrons. The molecule has 0 spiro atoms. The zero-order chi connectivity index (χ0) is 4.41. The highest BCUT2D eigenvalue weighted by Gasteiger charge is 2.15. The molecule has 0 atom stereocenters. The van der Waals surface area contributed by atoms with Crippen LogP contribution in [0, 0.1) is 5.92 Å². The number of hydrogen-bond donors (Lipinski definition) is 0. The molecule has 2 heteroatoms. The van der Waals surface area contributed by atoms with E-state index >= 15 is 0 Å². The molecule has 0 saturated carbocycles. The van der Waals surface area contributed by atoms with Crippen molar-refractivity contribution in [3.05, 3.63) is 0 Å². The van der Waals surface area contributed by atoms with Crippen LogP contribution < -0.4 is 0 Å². The average molecular weight is 151 g/mol. The van der Waals surface area contributed by atoms with Crippen molar-refractivity contribution in [3.8, 4) is 0 Å². The second kappa shape index (κ2) is 1.94. The van der Waals surface area contributed by atoms with E-state index in [0.717, 1.165) is 24.5 Å². The minimum Gasteiger partial charge on any atom is -0.381 e. The van der Waals surface area contributed by atoms with E-state index in [4.69, 9.17) is 4.74 Å². The lowest BCUT2D eigenvalue weighted by atomic mass is 10.2. The maximum Gasteiger partial charge on any atom is 0.0524 e. The van der Waals surface area contributed by atoms with Crippen LogP contribution in [0.4, 0.5) is 0 Å². The number of halogens is 1. The van der Waals surface area contributed by atoms with Crippen molar-refractivity contribution in [1.82, 2.24) is 0 Å². The molecule has 1 aliphatic heterocycles. The smallest absolute Gasteiger partial charge is 0.0524 e. The Morgan fingerprint density at radius 2 is 2.33 bits per heavy atom. The van der Waals surface area contributed by atoms with Gasteiger partial charge in [-0.15, -0.1) is 0 Å². The quantitative estimate of drug-likeness (QED) is 0.508. The molecule has 1 nitrogen and oxygen atoms in total. The van der Waals surface area contributed by atoms with E-state index in [2.05, 4.69) is 15.9 Å². The molecular formula is C4H7BrO. The normalized spacial score (nSPS) is 23.5. The first-order chi connectivity index (χ1) is 2.93. The fraction of sp³-hybridized carbons (Fsp3) is 1.00. The van der Waals surface area contributed by atoms with E-state index in [1.165, 1.54) is 0 Å². The summed E-state index contributed by atoms with van der Waals surface area (Å²) in [5.41, 5.74) is 0. The SMILES string of the molecule is BrCC1COC1. The van der Waals surface area contributed by atoms with Crippen LogP contribution in [0.5, 0.6) is 0 Å². The maximum atomic E-state index is 4.90. The predicted octanol–water partition coefficient (Wildman–Crippen LogP) is 1.03. The van der Waals surface area contributed by atoms with Crippen molar-refractivity contribution in [2.45, 2.75) is 0 Å². The second-order valence-corrected chi connectivity index (χ2v) is 2.21. The van der Waals surface area contributed by atoms with Gasteiger partial charge in [0.05, 0.1) is 13.2 Å². The topological polar surface area (TPSA) is 9.23 Å². The van der Waals surface area contributed by atoms with Gasteiger partial charge in [0, 0.05) is 11.2 Å². The Kier molecular flexibility index (Phi) is 1.48. The van der Waals surface area contributed by atoms with Gasteiger partial charge < -0.3 is 4.74 Å². The van der Waals surface area contributed by atoms with Crippen LogP contribution in [0.15, 0.2) is 0 Å². The van der Waals surface area contributed by atoms with Crippen molar-refractivity contribution >= 4 is 15.9 Å². The summed E-state index contributed by atoms with van der Waals surface area (Å²) in [4.78, 5) is 0. The summed E-state index contributed by atoms with van der Waals surface area (Å²) >= 11 is 3.35. The lowest BCUT2D eigenvalue weighted by molar-refractivity contribution is -0.0190. The van der Waals surface area contributed by atoms with Gasteiger partial charge in [0.2, 0.25) is 0 Å². The van der Waals surface area contributed by atoms with E-state index in [1.54, 1.807) is 0 Å². The molecule has 1 rings (SSSR count). The standard InChI is InChI=1S/C4H7BrO/c5-1-4-2-6-3-4/h4H,1-3H2. The molecular weight excluding hydrogens is 144 g/mol. The number of rotatable bonds is 1. The van der Waals surface area contributed by atoms with Gasteiger partial charge >= 0.3 is 0 Å². The molecule has 1 aliphatic rings. The van der Waals surface area contributed by atoms with Crippen molar-refractivity contribution in [1.29, 1.82) is 0 Å². The lowest BCUT2D eigenvalue weighted by Crippen LogP contribution is -2.28. The largest absolute Gasteiger partial charge is 0.381 e. The first-order valence-corrected chi connectivity index (χ1v) is 3.19. The molecule has 0 aromatic carbocycles. The van der Waals surface area contributed by atoms with Gasteiger partial charge in [-0.1, -0.05) is 15.9 Å². The molecule has 0 radical (unpaired) electrons. The fourth-order valence-electron chi connectivity index (χ4n) is 0.374. The van der Waals surface area contributed by atoms with Gasteiger partial charge in [0.1, 0.15) is 0 Å². The van der Waals surface area contributed by atoms with Crippen LogP contribution in [0.25, 0.3) is 0 Å². The van der Waals surface area contributed by atoms with E-state index in [9.17, 15) is 0 Å². The summed E-state index contributed by atoms with van der Waals surface area (Å²) in [5.74, 6) is 0.810. The molecule has 0 N–H and O–H groups in total. The van der Waals surface area contributed by atoms with Crippen LogP contribution in [0.2, 0.25) is 0 Å². The molecule has 6 heavy (non-hydrogen) atoms. The maximum absolute atomic E-state index is 4.90. The second-order valence-electron chi connectivity index (χ2n) is 1.56. The molecule has 1 heterocycles. The third kappa shape index (κ3) is 0.738. The third-order valence-corrected chi connectivity index (χ3v) is 1.84. The predicted molar refractivity (Wildman–Crippen MR) is 28.1 cm³/mol. The monoisotopic (exact) mass is 150 g/mol. The summed E-state index contributed by atoms with van der Waals surface area (Å²) in [6, 6.07) is 0. The van der Waals surface area contributed by atoms with E-state index in [-0.39, 0.29) is 0 Å². The van der Waals surface area contributed by atoms with Crippen molar-refractivity contribution in [2.75, 3.05) is 18.5 Å². The number of alkyl halides is 1. The summed E-state index contributed by atoms with van der Waals surface area (Å²) in [7, 11) is 0. The molecule has 0 aromatic rings. The van der Waals surface area contributed by atoms with Gasteiger partial charge in [-0.05, 0) is 0 Å². The molecule has 0 aromatic heterocycles. The Hall–Kier alpha value is 0.440. The highest BCUT2D eigenvalue weighted by molar-refractivity contribution is 9.09. The Morgan fingerprint density at radius 3 is 2.33 bits per heavy atom. The third-order valence-electron chi connectivity index (χ3n) is 0.925. The zero-order valence-corrected chi connectivity index (χ0v) is 5.07. The fourth-order valence-corrected chi connectivity index (χ4v) is 0.747. The van der Waals surface area contributed by atoms with Gasteiger partial charge in [-0.2, -0.15) is 0 Å². The van der Waals surface area contributed by atoms with Gasteiger partial charge in [0.15, 0.2) is 0 Å². The van der Waals surface area contributed by atoms with Crippen LogP contribution in [0.3, 0.4) is 0 Å². The Labute approximate surface area is 45.8 Å². The molecule has 1 fully saturated rings. The molecule has 0 unspecified atom stereocenters. The summed E-state index contributed by atoms with van der Waals surface area (Å²) < 4.78 is 4.90. The van der Waals surface area contributed by atoms with Crippen LogP contribution in [-0.4, -0.2) is 18.5 Å². The van der Waals surface area contributed by atoms with Crippen LogP contribution in [0.1, 0.15) is 0 Å². The molecule has 0 bridgehead atoms. The Balaban J connectivity index is 2.01. The highest BCUT2D eigenvalue weighted by Crippen LogP contribution is 2.11. The van der Waals surface area contributed by atoms with Gasteiger partial charge in [0.25, 0.3) is 0 Å². The Bertz CT molecular complexity index is 40.1. The van der Waals surface area contributed by atoms with Crippen LogP contribution >= 0.6 is 15.9 Å². The van der Waals surface area contributed by atoms with E-state index < -0.39 is 0 Å². The van der Waals surface area contributed by atoms with Crippen molar-refractivity contribution in [3.63, 3.8) is 0 Å². The van der Waals surface area contributed by atoms with Gasteiger partial charge in [-0.3, -0.25) is 0 Å². The summed E-state index contributed by atoms with van der Waals surface area (Å²) in [5, 5.41) is 1.10. The Morgan fingerprint density at radius 1 is 1.67 bits per heavy atom. The minimum absolute atomic E-state index is 0.810. The van der Waals surface area contributed by atoms with E-state index in [0.29, 0.717) is 0 Å². The van der Waals surface area contributed by atoms with Crippen molar-refractivity contribution in [2.24, 2.45) is 5.92 Å². The molecule has 0 aliphatic carbocycles. The first-order valence-electron chi connectivity index (χ1n) is 2.07.